The van der Waals surface area contributed by atoms with Gasteiger partial charge in [-0.15, -0.1) is 12.4 Å². The number of benzene rings is 6. The number of nitrogens with zero attached hydrogens (tertiary/aromatic N) is 9. The molecule has 0 bridgehead atoms. The molecule has 96 heavy (non-hydrogen) atoms. The van der Waals surface area contributed by atoms with Gasteiger partial charge in [-0.3, -0.25) is 9.59 Å². The van der Waals surface area contributed by atoms with Crippen LogP contribution >= 0.6 is 12.4 Å². The number of carbonyl (C=O) groups excluding carboxylic acids is 4. The molecular weight excluding hydrogens is 1460 g/mol. The smallest absolute Gasteiger partial charge is 0.410 e. The number of hydrogen-bond donors (Lipinski definition) is 4. The maximum Gasteiger partial charge on any atom is 0.410 e. The van der Waals surface area contributed by atoms with Gasteiger partial charge in [0.05, 0.1) is 66.0 Å². The summed E-state index contributed by atoms with van der Waals surface area (Å²) in [5.74, 6) is -0.878. The molecule has 3 fully saturated rings. The number of halogens is 1. The van der Waals surface area contributed by atoms with Crippen molar-refractivity contribution < 1.29 is 69.7 Å². The van der Waals surface area contributed by atoms with Crippen molar-refractivity contribution in [1.82, 2.24) is 54.0 Å². The van der Waals surface area contributed by atoms with Crippen molar-refractivity contribution in [2.45, 2.75) is 144 Å². The molecule has 0 aliphatic carbocycles. The summed E-state index contributed by atoms with van der Waals surface area (Å²) in [6, 6.07) is 47.3. The minimum Gasteiger partial charge on any atom is -0.478 e. The molecule has 9 aromatic rings. The summed E-state index contributed by atoms with van der Waals surface area (Å²) in [5.41, 5.74) is 16.1. The summed E-state index contributed by atoms with van der Waals surface area (Å²) in [5, 5.41) is 15.3. The number of aromatic carboxylic acids is 1. The monoisotopic (exact) mass is 1560 g/mol. The Morgan fingerprint density at radius 3 is 1.28 bits per heavy atom. The van der Waals surface area contributed by atoms with E-state index in [0.717, 1.165) is 127 Å². The normalized spacial score (nSPS) is 14.3. The average Bonchev–Trinajstić information content (AvgIpc) is 1.73. The minimum atomic E-state index is -0.903. The topological polar surface area (TPSA) is 237 Å². The van der Waals surface area contributed by atoms with E-state index < -0.39 is 17.2 Å². The zero-order valence-corrected chi connectivity index (χ0v) is 59.8. The second-order valence-corrected chi connectivity index (χ2v) is 25.4. The van der Waals surface area contributed by atoms with Gasteiger partial charge in [0.2, 0.25) is 0 Å². The number of hydrogen-bond acceptors (Lipinski definition) is 12. The van der Waals surface area contributed by atoms with Gasteiger partial charge < -0.3 is 59.3 Å². The second-order valence-electron chi connectivity index (χ2n) is 25.4. The number of nitrogens with one attached hydrogen (secondary N) is 2. The number of imidazole rings is 3. The molecule has 5 N–H and O–H groups in total. The van der Waals surface area contributed by atoms with E-state index in [1.807, 2.05) is 192 Å². The van der Waals surface area contributed by atoms with Gasteiger partial charge in [-0.25, -0.2) is 29.3 Å². The Labute approximate surface area is 600 Å². The van der Waals surface area contributed by atoms with Crippen molar-refractivity contribution in [1.29, 1.82) is 2.67 Å². The number of aromatic nitrogens is 6. The first-order valence-electron chi connectivity index (χ1n) is 32.5. The summed E-state index contributed by atoms with van der Waals surface area (Å²) in [7, 11) is 2.42. The predicted octanol–water partition coefficient (Wildman–Crippen LogP) is 12.0. The second kappa shape index (κ2) is 37.5. The van der Waals surface area contributed by atoms with E-state index in [-0.39, 0.29) is 94.5 Å². The number of carbonyl (C=O) groups is 5. The van der Waals surface area contributed by atoms with Crippen LogP contribution in [0.5, 0.6) is 0 Å². The molecule has 4 amide bonds. The van der Waals surface area contributed by atoms with E-state index in [1.54, 1.807) is 28.3 Å². The van der Waals surface area contributed by atoms with Gasteiger partial charge in [-0.1, -0.05) is 87.6 Å². The number of para-hydroxylation sites is 6. The predicted molar refractivity (Wildman–Crippen MR) is 383 cm³/mol. The number of likely N-dealkylation sites (tertiary alicyclic amines) is 2. The number of rotatable bonds is 11. The van der Waals surface area contributed by atoms with Crippen LogP contribution in [0.15, 0.2) is 165 Å². The molecule has 3 aliphatic heterocycles. The summed E-state index contributed by atoms with van der Waals surface area (Å²) in [4.78, 5) is 78.5. The van der Waals surface area contributed by atoms with Crippen LogP contribution < -0.4 is 16.4 Å². The van der Waals surface area contributed by atoms with Gasteiger partial charge in [0, 0.05) is 113 Å². The van der Waals surface area contributed by atoms with E-state index in [0.29, 0.717) is 51.7 Å². The van der Waals surface area contributed by atoms with Crippen molar-refractivity contribution in [2.75, 3.05) is 46.3 Å². The molecule has 0 atom stereocenters. The summed E-state index contributed by atoms with van der Waals surface area (Å²) in [6.45, 7) is 17.9. The molecular formula is C73H97BClN12O8U. The molecule has 6 heterocycles. The number of amides is 4. The number of piperidine rings is 3. The largest absolute Gasteiger partial charge is 0.478 e. The van der Waals surface area contributed by atoms with Gasteiger partial charge in [-0.2, -0.15) is 0 Å². The van der Waals surface area contributed by atoms with Crippen LogP contribution in [0.1, 0.15) is 143 Å². The van der Waals surface area contributed by atoms with Crippen molar-refractivity contribution in [3.8, 4) is 0 Å². The van der Waals surface area contributed by atoms with Gasteiger partial charge >= 0.3 is 18.2 Å². The molecule has 0 spiro atoms. The molecule has 23 heteroatoms. The third-order valence-electron chi connectivity index (χ3n) is 16.1. The fraction of sp³-hybridized carbons (Fsp3) is 0.397. The minimum absolute atomic E-state index is 0. The number of carboxylic acids is 1. The summed E-state index contributed by atoms with van der Waals surface area (Å²) in [6.07, 6.45) is 10.2. The molecule has 511 valence electrons. The first-order chi connectivity index (χ1) is 45.0. The molecule has 3 aliphatic rings. The molecule has 0 unspecified atom stereocenters. The third kappa shape index (κ3) is 23.1. The average molecular weight is 1560 g/mol. The van der Waals surface area contributed by atoms with E-state index in [9.17, 15) is 24.0 Å². The summed E-state index contributed by atoms with van der Waals surface area (Å²) >= 11 is 0. The Balaban J connectivity index is 0.000000280. The molecule has 1 radical (unpaired) electrons. The van der Waals surface area contributed by atoms with Crippen LogP contribution in [0.2, 0.25) is 0 Å². The number of nitrogens with two attached hydrogens (primary N) is 1. The fourth-order valence-corrected chi connectivity index (χ4v) is 11.0. The van der Waals surface area contributed by atoms with Crippen LogP contribution in [0.4, 0.5) is 9.59 Å². The van der Waals surface area contributed by atoms with E-state index in [1.165, 1.54) is 0 Å². The van der Waals surface area contributed by atoms with Gasteiger partial charge in [0.15, 0.2) is 0 Å². The van der Waals surface area contributed by atoms with Gasteiger partial charge in [-0.05, 0) is 185 Å². The molecule has 0 saturated carbocycles. The van der Waals surface area contributed by atoms with Crippen LogP contribution in [-0.4, -0.2) is 165 Å². The van der Waals surface area contributed by atoms with Crippen LogP contribution in [0.3, 0.4) is 0 Å². The summed E-state index contributed by atoms with van der Waals surface area (Å²) < 4.78 is 28.5. The van der Waals surface area contributed by atoms with Crippen LogP contribution in [0.25, 0.3) is 33.1 Å². The molecule has 3 saturated heterocycles. The fourth-order valence-electron chi connectivity index (χ4n) is 11.0. The number of ether oxygens (including phenoxy) is 2. The Morgan fingerprint density at radius 1 is 0.573 bits per heavy atom. The van der Waals surface area contributed by atoms with Crippen molar-refractivity contribution in [3.05, 3.63) is 198 Å². The first kappa shape index (κ1) is 77.0. The zero-order chi connectivity index (χ0) is 67.4. The van der Waals surface area contributed by atoms with Crippen LogP contribution in [-0.2, 0) is 29.1 Å². The standard InChI is InChI=1S/C25H30N4O3.C21H24N4O.C15H12N2O2.C10H20N2O2.2CH4.BH2.ClH.U/c1-25(2,3)32-24(31)28-14-12-20(13-15-28)27-23(30)19-10-8-18(9-11-19)16-29-17-26-21-6-4-5-7-22(21)29;1-24(18-10-12-22-13-11-18)21(26)17-8-6-16(7-9-17)14-25-15-23-19-4-2-3-5-20(19)25;18-15(19)12-7-5-11(6-8-12)9-17-10-16-13-3-1-2-4-14(13)17;1-10(2,3)14-9(13)12-6-4-8(11)5-7-12;;;;;/h4-11,17,20H,12-16H2,1-3H3,(H,27,30);2-9,15,18,22H,10-14H2,1H3;1-8,10H,9H2,(H,18,19);8H,4-7,11H2,1-3H3;2*1H4;1H2;1H;/i;;;;;;1T2;;. The Hall–Kier alpha value is -7.99. The van der Waals surface area contributed by atoms with E-state index in [2.05, 4.69) is 46.9 Å². The molecule has 3 aromatic heterocycles. The third-order valence-corrected chi connectivity index (χ3v) is 16.1. The number of carboxylic acid groups (broad SMARTS) is 1. The quantitative estimate of drug-likeness (QED) is 0.0883. The maximum absolute atomic E-state index is 12.7. The zero-order valence-electron chi connectivity index (χ0n) is 56.8. The first-order valence-corrected chi connectivity index (χ1v) is 31.3. The SMILES string of the molecule is C.C.CC(C)(C)OC(=O)N1CCC(N)CC1.CC(C)(C)OC(=O)N1CCC(NC(=O)c2ccc(Cn3cnc4ccccc43)cc2)CC1.CN(C(=O)c1ccc(Cn2cnc3ccccc32)cc1)C1CCNCC1.Cl.O=C(O)c1ccc(Cn2cnc3ccccc32)cc1.[3H][B][3H].[U]. The van der Waals surface area contributed by atoms with Gasteiger partial charge in [0.25, 0.3) is 11.8 Å². The maximum atomic E-state index is 12.7. The Morgan fingerprint density at radius 2 is 0.917 bits per heavy atom. The van der Waals surface area contributed by atoms with Crippen molar-refractivity contribution >= 4 is 83.8 Å². The number of fused-ring (bicyclic) bond motifs is 3. The van der Waals surface area contributed by atoms with Crippen molar-refractivity contribution in [3.63, 3.8) is 0 Å². The van der Waals surface area contributed by atoms with Crippen LogP contribution in [0, 0.1) is 31.1 Å². The van der Waals surface area contributed by atoms with E-state index in [4.69, 9.17) is 23.0 Å². The Kier molecular flexibility index (Phi) is 30.1. The van der Waals surface area contributed by atoms with Crippen molar-refractivity contribution in [2.24, 2.45) is 5.73 Å². The van der Waals surface area contributed by atoms with E-state index >= 15 is 0 Å². The molecule has 20 nitrogen and oxygen atoms in total. The van der Waals surface area contributed by atoms with Gasteiger partial charge in [0.1, 0.15) is 11.2 Å². The molecule has 6 aromatic carbocycles. The molecule has 12 rings (SSSR count). The Bertz CT molecular complexity index is 3920.